The SMILES string of the molecule is Cc1ccc2c(c1)nc(CN(C)C)n2CCO. The van der Waals surface area contributed by atoms with Crippen molar-refractivity contribution in [3.05, 3.63) is 29.6 Å². The van der Waals surface area contributed by atoms with Crippen LogP contribution in [0.25, 0.3) is 11.0 Å². The van der Waals surface area contributed by atoms with Crippen molar-refractivity contribution < 1.29 is 5.11 Å². The fraction of sp³-hybridized carbons (Fsp3) is 0.462. The van der Waals surface area contributed by atoms with Gasteiger partial charge in [0.2, 0.25) is 0 Å². The van der Waals surface area contributed by atoms with Gasteiger partial charge in [-0.3, -0.25) is 0 Å². The lowest BCUT2D eigenvalue weighted by atomic mass is 10.2. The van der Waals surface area contributed by atoms with Gasteiger partial charge in [-0.15, -0.1) is 0 Å². The normalized spacial score (nSPS) is 11.6. The van der Waals surface area contributed by atoms with E-state index in [0.717, 1.165) is 23.4 Å². The van der Waals surface area contributed by atoms with Crippen LogP contribution < -0.4 is 0 Å². The van der Waals surface area contributed by atoms with E-state index in [1.165, 1.54) is 5.56 Å². The first kappa shape index (κ1) is 12.1. The van der Waals surface area contributed by atoms with Gasteiger partial charge >= 0.3 is 0 Å². The Morgan fingerprint density at radius 1 is 1.35 bits per heavy atom. The van der Waals surface area contributed by atoms with E-state index in [4.69, 9.17) is 5.11 Å². The van der Waals surface area contributed by atoms with Crippen LogP contribution in [0, 0.1) is 6.92 Å². The van der Waals surface area contributed by atoms with Gasteiger partial charge in [0.25, 0.3) is 0 Å². The molecular weight excluding hydrogens is 214 g/mol. The lowest BCUT2D eigenvalue weighted by Crippen LogP contribution is -2.16. The maximum Gasteiger partial charge on any atom is 0.124 e. The van der Waals surface area contributed by atoms with Crippen molar-refractivity contribution in [3.8, 4) is 0 Å². The molecule has 0 unspecified atom stereocenters. The summed E-state index contributed by atoms with van der Waals surface area (Å²) in [4.78, 5) is 6.73. The molecule has 0 saturated carbocycles. The minimum atomic E-state index is 0.139. The van der Waals surface area contributed by atoms with E-state index in [0.29, 0.717) is 6.54 Å². The number of hydrogen-bond acceptors (Lipinski definition) is 3. The van der Waals surface area contributed by atoms with E-state index >= 15 is 0 Å². The summed E-state index contributed by atoms with van der Waals surface area (Å²) >= 11 is 0. The summed E-state index contributed by atoms with van der Waals surface area (Å²) in [5.41, 5.74) is 3.32. The molecule has 0 aliphatic carbocycles. The summed E-state index contributed by atoms with van der Waals surface area (Å²) < 4.78 is 2.09. The number of imidazole rings is 1. The van der Waals surface area contributed by atoms with Crippen LogP contribution in [0.5, 0.6) is 0 Å². The van der Waals surface area contributed by atoms with Crippen LogP contribution in [-0.4, -0.2) is 40.3 Å². The smallest absolute Gasteiger partial charge is 0.124 e. The zero-order valence-corrected chi connectivity index (χ0v) is 10.6. The van der Waals surface area contributed by atoms with E-state index in [-0.39, 0.29) is 6.61 Å². The molecule has 0 aliphatic heterocycles. The summed E-state index contributed by atoms with van der Waals surface area (Å²) in [5.74, 6) is 1.00. The molecule has 4 heteroatoms. The first-order chi connectivity index (χ1) is 8.11. The highest BCUT2D eigenvalue weighted by Crippen LogP contribution is 2.18. The molecule has 0 saturated heterocycles. The summed E-state index contributed by atoms with van der Waals surface area (Å²) in [7, 11) is 4.04. The summed E-state index contributed by atoms with van der Waals surface area (Å²) in [6.07, 6.45) is 0. The number of benzene rings is 1. The van der Waals surface area contributed by atoms with Crippen molar-refractivity contribution in [1.29, 1.82) is 0 Å². The highest BCUT2D eigenvalue weighted by molar-refractivity contribution is 5.76. The van der Waals surface area contributed by atoms with Crippen LogP contribution in [0.3, 0.4) is 0 Å². The highest BCUT2D eigenvalue weighted by Gasteiger charge is 2.10. The number of fused-ring (bicyclic) bond motifs is 1. The number of rotatable bonds is 4. The van der Waals surface area contributed by atoms with E-state index < -0.39 is 0 Å². The zero-order valence-electron chi connectivity index (χ0n) is 10.6. The Kier molecular flexibility index (Phi) is 3.45. The first-order valence-corrected chi connectivity index (χ1v) is 5.83. The number of aliphatic hydroxyl groups excluding tert-OH is 1. The Hall–Kier alpha value is -1.39. The molecule has 0 spiro atoms. The standard InChI is InChI=1S/C13H19N3O/c1-10-4-5-12-11(8-10)14-13(9-15(2)3)16(12)6-7-17/h4-5,8,17H,6-7,9H2,1-3H3. The zero-order chi connectivity index (χ0) is 12.4. The molecule has 4 nitrogen and oxygen atoms in total. The summed E-state index contributed by atoms with van der Waals surface area (Å²) in [5, 5.41) is 9.15. The molecule has 2 rings (SSSR count). The third kappa shape index (κ3) is 2.48. The Bertz CT molecular complexity index is 517. The molecule has 1 aromatic heterocycles. The van der Waals surface area contributed by atoms with E-state index in [2.05, 4.69) is 39.6 Å². The van der Waals surface area contributed by atoms with Crippen LogP contribution in [-0.2, 0) is 13.1 Å². The molecule has 0 atom stereocenters. The minimum absolute atomic E-state index is 0.139. The van der Waals surface area contributed by atoms with Gasteiger partial charge in [-0.05, 0) is 38.7 Å². The molecular formula is C13H19N3O. The fourth-order valence-electron chi connectivity index (χ4n) is 2.04. The van der Waals surface area contributed by atoms with Crippen molar-refractivity contribution in [2.75, 3.05) is 20.7 Å². The lowest BCUT2D eigenvalue weighted by Gasteiger charge is -2.11. The van der Waals surface area contributed by atoms with Gasteiger partial charge < -0.3 is 14.6 Å². The minimum Gasteiger partial charge on any atom is -0.395 e. The van der Waals surface area contributed by atoms with Gasteiger partial charge in [-0.25, -0.2) is 4.98 Å². The van der Waals surface area contributed by atoms with Gasteiger partial charge in [-0.2, -0.15) is 0 Å². The number of hydrogen-bond donors (Lipinski definition) is 1. The second kappa shape index (κ2) is 4.85. The number of nitrogens with zero attached hydrogens (tertiary/aromatic N) is 3. The third-order valence-electron chi connectivity index (χ3n) is 2.76. The maximum atomic E-state index is 9.15. The Balaban J connectivity index is 2.53. The molecule has 0 aliphatic rings. The molecule has 0 bridgehead atoms. The van der Waals surface area contributed by atoms with E-state index in [1.807, 2.05) is 14.1 Å². The van der Waals surface area contributed by atoms with Crippen molar-refractivity contribution in [1.82, 2.24) is 14.5 Å². The van der Waals surface area contributed by atoms with Crippen LogP contribution >= 0.6 is 0 Å². The first-order valence-electron chi connectivity index (χ1n) is 5.83. The van der Waals surface area contributed by atoms with Gasteiger partial charge in [0.15, 0.2) is 0 Å². The average Bonchev–Trinajstić information content (AvgIpc) is 2.55. The Morgan fingerprint density at radius 2 is 2.12 bits per heavy atom. The van der Waals surface area contributed by atoms with Crippen molar-refractivity contribution in [2.24, 2.45) is 0 Å². The topological polar surface area (TPSA) is 41.3 Å². The number of aryl methyl sites for hydroxylation is 1. The van der Waals surface area contributed by atoms with Crippen LogP contribution in [0.1, 0.15) is 11.4 Å². The molecule has 92 valence electrons. The maximum absolute atomic E-state index is 9.15. The molecule has 1 aromatic carbocycles. The summed E-state index contributed by atoms with van der Waals surface area (Å²) in [6, 6.07) is 6.24. The fourth-order valence-corrected chi connectivity index (χ4v) is 2.04. The lowest BCUT2D eigenvalue weighted by molar-refractivity contribution is 0.272. The molecule has 1 heterocycles. The highest BCUT2D eigenvalue weighted by atomic mass is 16.3. The van der Waals surface area contributed by atoms with Crippen LogP contribution in [0.2, 0.25) is 0 Å². The van der Waals surface area contributed by atoms with Crippen molar-refractivity contribution >= 4 is 11.0 Å². The molecule has 0 amide bonds. The monoisotopic (exact) mass is 233 g/mol. The second-order valence-electron chi connectivity index (χ2n) is 4.63. The molecule has 0 radical (unpaired) electrons. The van der Waals surface area contributed by atoms with E-state index in [9.17, 15) is 0 Å². The van der Waals surface area contributed by atoms with Gasteiger partial charge in [0, 0.05) is 6.54 Å². The quantitative estimate of drug-likeness (QED) is 0.868. The molecule has 1 N–H and O–H groups in total. The van der Waals surface area contributed by atoms with Gasteiger partial charge in [0.05, 0.1) is 24.2 Å². The molecule has 2 aromatic rings. The second-order valence-corrected chi connectivity index (χ2v) is 4.63. The van der Waals surface area contributed by atoms with Crippen molar-refractivity contribution in [2.45, 2.75) is 20.0 Å². The van der Waals surface area contributed by atoms with Gasteiger partial charge in [0.1, 0.15) is 5.82 Å². The van der Waals surface area contributed by atoms with E-state index in [1.54, 1.807) is 0 Å². The third-order valence-corrected chi connectivity index (χ3v) is 2.76. The molecule has 0 fully saturated rings. The predicted octanol–water partition coefficient (Wildman–Crippen LogP) is 1.40. The largest absolute Gasteiger partial charge is 0.395 e. The number of aromatic nitrogens is 2. The van der Waals surface area contributed by atoms with Crippen LogP contribution in [0.15, 0.2) is 18.2 Å². The summed E-state index contributed by atoms with van der Waals surface area (Å²) in [6.45, 7) is 3.59. The predicted molar refractivity (Wildman–Crippen MR) is 68.9 cm³/mol. The van der Waals surface area contributed by atoms with Gasteiger partial charge in [-0.1, -0.05) is 6.07 Å². The Morgan fingerprint density at radius 3 is 2.76 bits per heavy atom. The van der Waals surface area contributed by atoms with Crippen molar-refractivity contribution in [3.63, 3.8) is 0 Å². The average molecular weight is 233 g/mol. The number of aliphatic hydroxyl groups is 1. The molecule has 17 heavy (non-hydrogen) atoms. The Labute approximate surface area is 101 Å². The van der Waals surface area contributed by atoms with Crippen LogP contribution in [0.4, 0.5) is 0 Å².